The topological polar surface area (TPSA) is 41.6 Å². The highest BCUT2D eigenvalue weighted by Gasteiger charge is 2.15. The van der Waals surface area contributed by atoms with Crippen LogP contribution in [-0.4, -0.2) is 9.55 Å². The third-order valence-electron chi connectivity index (χ3n) is 3.51. The number of rotatable bonds is 3. The Balaban J connectivity index is 2.21. The van der Waals surface area contributed by atoms with Gasteiger partial charge in [0.2, 0.25) is 0 Å². The molecule has 0 N–H and O–H groups in total. The van der Waals surface area contributed by atoms with E-state index in [4.69, 9.17) is 5.26 Å². The maximum absolute atomic E-state index is 13.5. The highest BCUT2D eigenvalue weighted by Crippen LogP contribution is 2.26. The van der Waals surface area contributed by atoms with Crippen molar-refractivity contribution in [3.63, 3.8) is 0 Å². The number of hydrogen-bond donors (Lipinski definition) is 0. The minimum Gasteiger partial charge on any atom is -0.323 e. The zero-order valence-electron chi connectivity index (χ0n) is 11.9. The van der Waals surface area contributed by atoms with Gasteiger partial charge in [-0.05, 0) is 37.3 Å². The van der Waals surface area contributed by atoms with E-state index in [-0.39, 0.29) is 5.92 Å². The van der Waals surface area contributed by atoms with Crippen LogP contribution in [0, 0.1) is 28.9 Å². The standard InChI is InChI=1S/C17H13F2N3/c1-11(9-20)10-22-16-5-3-2-4-15(16)21-17(22)12-6-7-13(18)14(19)8-12/h2-8,11H,10H2,1H3. The number of hydrogen-bond acceptors (Lipinski definition) is 2. The molecule has 0 aliphatic rings. The molecule has 0 radical (unpaired) electrons. The van der Waals surface area contributed by atoms with E-state index in [9.17, 15) is 8.78 Å². The van der Waals surface area contributed by atoms with E-state index in [1.807, 2.05) is 35.8 Å². The van der Waals surface area contributed by atoms with Crippen molar-refractivity contribution in [2.24, 2.45) is 5.92 Å². The lowest BCUT2D eigenvalue weighted by atomic mass is 10.1. The predicted octanol–water partition coefficient (Wildman–Crippen LogP) is 4.14. The van der Waals surface area contributed by atoms with Crippen LogP contribution in [0.1, 0.15) is 6.92 Å². The van der Waals surface area contributed by atoms with Gasteiger partial charge < -0.3 is 4.57 Å². The maximum atomic E-state index is 13.5. The van der Waals surface area contributed by atoms with Gasteiger partial charge in [-0.3, -0.25) is 0 Å². The van der Waals surface area contributed by atoms with E-state index in [0.717, 1.165) is 23.2 Å². The van der Waals surface area contributed by atoms with Crippen LogP contribution in [0.15, 0.2) is 42.5 Å². The van der Waals surface area contributed by atoms with E-state index in [2.05, 4.69) is 11.1 Å². The second kappa shape index (κ2) is 5.57. The van der Waals surface area contributed by atoms with E-state index in [1.54, 1.807) is 0 Å². The van der Waals surface area contributed by atoms with E-state index < -0.39 is 11.6 Å². The fraction of sp³-hybridized carbons (Fsp3) is 0.176. The van der Waals surface area contributed by atoms with Crippen LogP contribution in [0.25, 0.3) is 22.4 Å². The van der Waals surface area contributed by atoms with Gasteiger partial charge in [-0.15, -0.1) is 0 Å². The summed E-state index contributed by atoms with van der Waals surface area (Å²) in [5, 5.41) is 9.05. The van der Waals surface area contributed by atoms with Crippen molar-refractivity contribution in [1.82, 2.24) is 9.55 Å². The fourth-order valence-electron chi connectivity index (χ4n) is 2.43. The predicted molar refractivity (Wildman–Crippen MR) is 79.9 cm³/mol. The first-order valence-electron chi connectivity index (χ1n) is 6.90. The summed E-state index contributed by atoms with van der Waals surface area (Å²) in [5.74, 6) is -1.50. The molecule has 0 saturated carbocycles. The van der Waals surface area contributed by atoms with Gasteiger partial charge in [0.25, 0.3) is 0 Å². The molecule has 0 amide bonds. The largest absolute Gasteiger partial charge is 0.323 e. The summed E-state index contributed by atoms with van der Waals surface area (Å²) in [6.45, 7) is 2.25. The van der Waals surface area contributed by atoms with Gasteiger partial charge in [0.1, 0.15) is 5.82 Å². The van der Waals surface area contributed by atoms with Crippen LogP contribution >= 0.6 is 0 Å². The molecule has 3 aromatic rings. The highest BCUT2D eigenvalue weighted by molar-refractivity contribution is 5.80. The van der Waals surface area contributed by atoms with E-state index in [1.165, 1.54) is 6.07 Å². The quantitative estimate of drug-likeness (QED) is 0.729. The molecule has 0 bridgehead atoms. The van der Waals surface area contributed by atoms with Crippen molar-refractivity contribution in [2.45, 2.75) is 13.5 Å². The lowest BCUT2D eigenvalue weighted by Gasteiger charge is -2.10. The van der Waals surface area contributed by atoms with Gasteiger partial charge in [0, 0.05) is 12.1 Å². The molecule has 0 aliphatic carbocycles. The fourth-order valence-corrected chi connectivity index (χ4v) is 2.43. The lowest BCUT2D eigenvalue weighted by molar-refractivity contribution is 0.508. The minimum absolute atomic E-state index is 0.221. The van der Waals surface area contributed by atoms with Crippen molar-refractivity contribution in [1.29, 1.82) is 5.26 Å². The third kappa shape index (κ3) is 2.44. The summed E-state index contributed by atoms with van der Waals surface area (Å²) >= 11 is 0. The lowest BCUT2D eigenvalue weighted by Crippen LogP contribution is -2.07. The van der Waals surface area contributed by atoms with Crippen molar-refractivity contribution < 1.29 is 8.78 Å². The summed E-state index contributed by atoms with van der Waals surface area (Å²) < 4.78 is 28.5. The Morgan fingerprint density at radius 1 is 1.18 bits per heavy atom. The van der Waals surface area contributed by atoms with Crippen molar-refractivity contribution in [3.05, 3.63) is 54.1 Å². The smallest absolute Gasteiger partial charge is 0.159 e. The molecule has 1 unspecified atom stereocenters. The molecule has 1 heterocycles. The number of nitrogens with zero attached hydrogens (tertiary/aromatic N) is 3. The molecular formula is C17H13F2N3. The van der Waals surface area contributed by atoms with Crippen LogP contribution in [0.3, 0.4) is 0 Å². The van der Waals surface area contributed by atoms with E-state index in [0.29, 0.717) is 17.9 Å². The van der Waals surface area contributed by atoms with Crippen molar-refractivity contribution >= 4 is 11.0 Å². The molecule has 22 heavy (non-hydrogen) atoms. The summed E-state index contributed by atoms with van der Waals surface area (Å²) in [5.41, 5.74) is 2.11. The first-order valence-corrected chi connectivity index (χ1v) is 6.90. The number of nitriles is 1. The Morgan fingerprint density at radius 2 is 1.95 bits per heavy atom. The maximum Gasteiger partial charge on any atom is 0.159 e. The number of halogens is 2. The molecule has 0 spiro atoms. The van der Waals surface area contributed by atoms with Gasteiger partial charge in [0.15, 0.2) is 11.6 Å². The molecule has 0 aliphatic heterocycles. The van der Waals surface area contributed by atoms with Crippen molar-refractivity contribution in [2.75, 3.05) is 0 Å². The Hall–Kier alpha value is -2.74. The molecule has 3 rings (SSSR count). The van der Waals surface area contributed by atoms with Gasteiger partial charge in [0.05, 0.1) is 23.0 Å². The average Bonchev–Trinajstić information content (AvgIpc) is 2.89. The Bertz CT molecular complexity index is 877. The second-order valence-corrected chi connectivity index (χ2v) is 5.19. The first-order chi connectivity index (χ1) is 10.6. The monoisotopic (exact) mass is 297 g/mol. The molecule has 2 aromatic carbocycles. The Kier molecular flexibility index (Phi) is 3.60. The van der Waals surface area contributed by atoms with Crippen LogP contribution in [0.4, 0.5) is 8.78 Å². The van der Waals surface area contributed by atoms with Crippen LogP contribution in [0.5, 0.6) is 0 Å². The Morgan fingerprint density at radius 3 is 2.68 bits per heavy atom. The van der Waals surface area contributed by atoms with Crippen LogP contribution in [0.2, 0.25) is 0 Å². The zero-order valence-corrected chi connectivity index (χ0v) is 11.9. The SMILES string of the molecule is CC(C#N)Cn1c(-c2ccc(F)c(F)c2)nc2ccccc21. The minimum atomic E-state index is -0.913. The van der Waals surface area contributed by atoms with Gasteiger partial charge in [-0.2, -0.15) is 5.26 Å². The normalized spacial score (nSPS) is 12.3. The molecular weight excluding hydrogens is 284 g/mol. The summed E-state index contributed by atoms with van der Waals surface area (Å²) in [7, 11) is 0. The summed E-state index contributed by atoms with van der Waals surface area (Å²) in [4.78, 5) is 4.51. The van der Waals surface area contributed by atoms with Gasteiger partial charge in [-0.25, -0.2) is 13.8 Å². The van der Waals surface area contributed by atoms with Crippen LogP contribution < -0.4 is 0 Å². The third-order valence-corrected chi connectivity index (χ3v) is 3.51. The zero-order chi connectivity index (χ0) is 15.7. The Labute approximate surface area is 126 Å². The van der Waals surface area contributed by atoms with Gasteiger partial charge in [-0.1, -0.05) is 12.1 Å². The summed E-state index contributed by atoms with van der Waals surface area (Å²) in [6, 6.07) is 13.4. The first kappa shape index (κ1) is 14.2. The number of para-hydroxylation sites is 2. The molecule has 0 saturated heterocycles. The van der Waals surface area contributed by atoms with Crippen LogP contribution in [-0.2, 0) is 6.54 Å². The highest BCUT2D eigenvalue weighted by atomic mass is 19.2. The summed E-state index contributed by atoms with van der Waals surface area (Å²) in [6.07, 6.45) is 0. The number of aromatic nitrogens is 2. The average molecular weight is 297 g/mol. The number of fused-ring (bicyclic) bond motifs is 1. The number of imidazole rings is 1. The molecule has 0 fully saturated rings. The molecule has 110 valence electrons. The number of benzene rings is 2. The van der Waals surface area contributed by atoms with Crippen molar-refractivity contribution in [3.8, 4) is 17.5 Å². The molecule has 3 nitrogen and oxygen atoms in total. The molecule has 1 aromatic heterocycles. The van der Waals surface area contributed by atoms with Gasteiger partial charge >= 0.3 is 0 Å². The van der Waals surface area contributed by atoms with E-state index >= 15 is 0 Å². The molecule has 1 atom stereocenters. The molecule has 5 heteroatoms. The second-order valence-electron chi connectivity index (χ2n) is 5.19.